The number of thioether (sulfide) groups is 1. The Kier molecular flexibility index (Phi) is 5.73. The number of carbonyl (C=O) groups is 1. The first-order valence-corrected chi connectivity index (χ1v) is 10.1. The van der Waals surface area contributed by atoms with Crippen molar-refractivity contribution < 1.29 is 9.53 Å². The summed E-state index contributed by atoms with van der Waals surface area (Å²) >= 11 is 1.74. The molecule has 2 aromatic carbocycles. The van der Waals surface area contributed by atoms with Crippen molar-refractivity contribution in [2.75, 3.05) is 11.9 Å². The van der Waals surface area contributed by atoms with E-state index in [1.807, 2.05) is 54.7 Å². The number of nitrogens with one attached hydrogen (secondary N) is 1. The first-order valence-electron chi connectivity index (χ1n) is 9.13. The van der Waals surface area contributed by atoms with Crippen molar-refractivity contribution in [3.8, 4) is 5.75 Å². The van der Waals surface area contributed by atoms with Crippen LogP contribution < -0.4 is 10.1 Å². The summed E-state index contributed by atoms with van der Waals surface area (Å²) in [6.45, 7) is 0.736. The van der Waals surface area contributed by atoms with Gasteiger partial charge in [-0.05, 0) is 65.2 Å². The average Bonchev–Trinajstić information content (AvgIpc) is 3.20. The van der Waals surface area contributed by atoms with Crippen LogP contribution in [0.25, 0.3) is 6.08 Å². The van der Waals surface area contributed by atoms with Crippen molar-refractivity contribution in [2.45, 2.75) is 17.1 Å². The van der Waals surface area contributed by atoms with Crippen LogP contribution in [0.3, 0.4) is 0 Å². The molecule has 3 aromatic rings. The zero-order valence-electron chi connectivity index (χ0n) is 15.3. The Labute approximate surface area is 168 Å². The fraction of sp³-hybridized carbons (Fsp3) is 0.130. The molecular weight excluding hydrogens is 368 g/mol. The lowest BCUT2D eigenvalue weighted by atomic mass is 10.1. The Balaban J connectivity index is 1.30. The Morgan fingerprint density at radius 2 is 2.07 bits per heavy atom. The summed E-state index contributed by atoms with van der Waals surface area (Å²) in [5, 5.41) is 2.90. The zero-order valence-corrected chi connectivity index (χ0v) is 16.1. The van der Waals surface area contributed by atoms with Crippen LogP contribution in [0.4, 0.5) is 5.69 Å². The van der Waals surface area contributed by atoms with E-state index in [2.05, 4.69) is 22.4 Å². The number of hydrogen-bond acceptors (Lipinski definition) is 4. The molecule has 0 saturated heterocycles. The van der Waals surface area contributed by atoms with E-state index >= 15 is 0 Å². The molecule has 0 fully saturated rings. The van der Waals surface area contributed by atoms with Crippen LogP contribution in [0.2, 0.25) is 0 Å². The predicted octanol–water partition coefficient (Wildman–Crippen LogP) is 4.96. The summed E-state index contributed by atoms with van der Waals surface area (Å²) in [6.07, 6.45) is 7.96. The Morgan fingerprint density at radius 3 is 2.89 bits per heavy atom. The van der Waals surface area contributed by atoms with Gasteiger partial charge in [-0.3, -0.25) is 9.78 Å². The van der Waals surface area contributed by atoms with Crippen LogP contribution in [0.5, 0.6) is 5.75 Å². The third-order valence-corrected chi connectivity index (χ3v) is 5.47. The summed E-state index contributed by atoms with van der Waals surface area (Å²) in [5.74, 6) is 1.67. The molecule has 0 unspecified atom stereocenters. The standard InChI is InChI=1S/C23H20N2O2S/c26-23(10-4-17-3-9-22-19(14-17)11-13-27-22)25-20-5-7-21(8-6-20)28-16-18-2-1-12-24-15-18/h1-10,12,14-15H,11,13,16H2,(H,25,26)/b10-4+. The van der Waals surface area contributed by atoms with Crippen LogP contribution in [-0.2, 0) is 17.0 Å². The van der Waals surface area contributed by atoms with Gasteiger partial charge in [-0.25, -0.2) is 0 Å². The number of ether oxygens (including phenoxy) is 1. The highest BCUT2D eigenvalue weighted by Gasteiger charge is 2.11. The van der Waals surface area contributed by atoms with Crippen molar-refractivity contribution in [1.82, 2.24) is 4.98 Å². The topological polar surface area (TPSA) is 51.2 Å². The van der Waals surface area contributed by atoms with Gasteiger partial charge in [-0.1, -0.05) is 12.1 Å². The number of pyridine rings is 1. The zero-order chi connectivity index (χ0) is 19.2. The molecule has 5 heteroatoms. The minimum absolute atomic E-state index is 0.146. The average molecular weight is 388 g/mol. The van der Waals surface area contributed by atoms with E-state index in [1.165, 1.54) is 11.1 Å². The molecule has 0 aliphatic carbocycles. The van der Waals surface area contributed by atoms with Gasteiger partial charge < -0.3 is 10.1 Å². The summed E-state index contributed by atoms with van der Waals surface area (Å²) in [7, 11) is 0. The van der Waals surface area contributed by atoms with Crippen LogP contribution >= 0.6 is 11.8 Å². The van der Waals surface area contributed by atoms with Gasteiger partial charge in [0.1, 0.15) is 5.75 Å². The Hall–Kier alpha value is -3.05. The van der Waals surface area contributed by atoms with E-state index in [1.54, 1.807) is 24.0 Å². The molecule has 28 heavy (non-hydrogen) atoms. The SMILES string of the molecule is O=C(/C=C/c1ccc2c(c1)CCO2)Nc1ccc(SCc2cccnc2)cc1. The number of amides is 1. The molecule has 0 radical (unpaired) electrons. The van der Waals surface area contributed by atoms with Crippen LogP contribution in [0, 0.1) is 0 Å². The summed E-state index contributed by atoms with van der Waals surface area (Å²) in [4.78, 5) is 17.5. The van der Waals surface area contributed by atoms with Gasteiger partial charge in [0.25, 0.3) is 0 Å². The number of anilines is 1. The summed E-state index contributed by atoms with van der Waals surface area (Å²) < 4.78 is 5.50. The van der Waals surface area contributed by atoms with Crippen LogP contribution in [0.15, 0.2) is 78.0 Å². The van der Waals surface area contributed by atoms with Crippen molar-refractivity contribution in [3.05, 3.63) is 89.8 Å². The maximum atomic E-state index is 12.2. The lowest BCUT2D eigenvalue weighted by Crippen LogP contribution is -2.07. The number of carbonyl (C=O) groups excluding carboxylic acids is 1. The molecule has 0 saturated carbocycles. The normalized spacial score (nSPS) is 12.6. The number of nitrogens with zero attached hydrogens (tertiary/aromatic N) is 1. The third kappa shape index (κ3) is 4.81. The second kappa shape index (κ2) is 8.76. The van der Waals surface area contributed by atoms with Gasteiger partial charge in [-0.15, -0.1) is 11.8 Å². The summed E-state index contributed by atoms with van der Waals surface area (Å²) in [6, 6.07) is 17.9. The molecule has 1 aliphatic heterocycles. The van der Waals surface area contributed by atoms with E-state index in [0.717, 1.165) is 40.7 Å². The highest BCUT2D eigenvalue weighted by molar-refractivity contribution is 7.98. The van der Waals surface area contributed by atoms with Crippen molar-refractivity contribution in [3.63, 3.8) is 0 Å². The van der Waals surface area contributed by atoms with E-state index < -0.39 is 0 Å². The second-order valence-corrected chi connectivity index (χ2v) is 7.51. The predicted molar refractivity (Wildman–Crippen MR) is 114 cm³/mol. The highest BCUT2D eigenvalue weighted by atomic mass is 32.2. The number of fused-ring (bicyclic) bond motifs is 1. The largest absolute Gasteiger partial charge is 0.493 e. The fourth-order valence-electron chi connectivity index (χ4n) is 2.95. The van der Waals surface area contributed by atoms with Gasteiger partial charge in [0, 0.05) is 41.2 Å². The van der Waals surface area contributed by atoms with Crippen molar-refractivity contribution >= 4 is 29.4 Å². The van der Waals surface area contributed by atoms with E-state index in [0.29, 0.717) is 0 Å². The number of aromatic nitrogens is 1. The molecular formula is C23H20N2O2S. The van der Waals surface area contributed by atoms with Crippen molar-refractivity contribution in [2.24, 2.45) is 0 Å². The lowest BCUT2D eigenvalue weighted by Gasteiger charge is -2.05. The number of rotatable bonds is 6. The quantitative estimate of drug-likeness (QED) is 0.479. The van der Waals surface area contributed by atoms with Gasteiger partial charge in [-0.2, -0.15) is 0 Å². The molecule has 0 bridgehead atoms. The van der Waals surface area contributed by atoms with Crippen molar-refractivity contribution in [1.29, 1.82) is 0 Å². The van der Waals surface area contributed by atoms with Crippen LogP contribution in [0.1, 0.15) is 16.7 Å². The summed E-state index contributed by atoms with van der Waals surface area (Å²) in [5.41, 5.74) is 4.17. The minimum Gasteiger partial charge on any atom is -0.493 e. The Morgan fingerprint density at radius 1 is 1.18 bits per heavy atom. The van der Waals surface area contributed by atoms with Crippen LogP contribution in [-0.4, -0.2) is 17.5 Å². The molecule has 0 spiro atoms. The van der Waals surface area contributed by atoms with E-state index in [9.17, 15) is 4.79 Å². The molecule has 140 valence electrons. The lowest BCUT2D eigenvalue weighted by molar-refractivity contribution is -0.111. The second-order valence-electron chi connectivity index (χ2n) is 6.46. The first-order chi connectivity index (χ1) is 13.8. The molecule has 1 amide bonds. The van der Waals surface area contributed by atoms with Gasteiger partial charge in [0.05, 0.1) is 6.61 Å². The van der Waals surface area contributed by atoms with E-state index in [-0.39, 0.29) is 5.91 Å². The molecule has 1 aliphatic rings. The van der Waals surface area contributed by atoms with Gasteiger partial charge >= 0.3 is 0 Å². The van der Waals surface area contributed by atoms with Gasteiger partial charge in [0.15, 0.2) is 0 Å². The smallest absolute Gasteiger partial charge is 0.248 e. The maximum Gasteiger partial charge on any atom is 0.248 e. The van der Waals surface area contributed by atoms with Gasteiger partial charge in [0.2, 0.25) is 5.91 Å². The number of hydrogen-bond donors (Lipinski definition) is 1. The molecule has 4 rings (SSSR count). The minimum atomic E-state index is -0.146. The highest BCUT2D eigenvalue weighted by Crippen LogP contribution is 2.26. The maximum absolute atomic E-state index is 12.2. The fourth-order valence-corrected chi connectivity index (χ4v) is 3.78. The molecule has 0 atom stereocenters. The molecule has 4 nitrogen and oxygen atoms in total. The number of benzene rings is 2. The molecule has 1 N–H and O–H groups in total. The monoisotopic (exact) mass is 388 g/mol. The first kappa shape index (κ1) is 18.3. The molecule has 2 heterocycles. The molecule has 1 aromatic heterocycles. The third-order valence-electron chi connectivity index (χ3n) is 4.39. The van der Waals surface area contributed by atoms with E-state index in [4.69, 9.17) is 4.74 Å². The Bertz CT molecular complexity index is 985.